The molecule has 2 atom stereocenters. The van der Waals surface area contributed by atoms with Gasteiger partial charge in [0, 0.05) is 6.08 Å². The van der Waals surface area contributed by atoms with Gasteiger partial charge in [0.15, 0.2) is 0 Å². The molecule has 0 aromatic carbocycles. The topological polar surface area (TPSA) is 26.3 Å². The van der Waals surface area contributed by atoms with Crippen molar-refractivity contribution in [2.24, 2.45) is 11.8 Å². The number of esters is 1. The zero-order chi connectivity index (χ0) is 11.4. The highest BCUT2D eigenvalue weighted by atomic mass is 16.5. The number of carbonyl (C=O) groups excluding carboxylic acids is 1. The molecular weight excluding hydrogens is 200 g/mol. The van der Waals surface area contributed by atoms with E-state index >= 15 is 0 Å². The van der Waals surface area contributed by atoms with E-state index in [9.17, 15) is 4.79 Å². The maximum absolute atomic E-state index is 11.5. The molecule has 0 aliphatic heterocycles. The van der Waals surface area contributed by atoms with Crippen LogP contribution in [-0.4, -0.2) is 12.1 Å². The molecule has 0 aromatic rings. The fraction of sp³-hybridized carbons (Fsp3) is 0.786. The van der Waals surface area contributed by atoms with Crippen molar-refractivity contribution in [3.8, 4) is 0 Å². The van der Waals surface area contributed by atoms with Gasteiger partial charge in [-0.05, 0) is 38.0 Å². The lowest BCUT2D eigenvalue weighted by molar-refractivity contribution is -0.145. The van der Waals surface area contributed by atoms with Crippen molar-refractivity contribution in [2.75, 3.05) is 0 Å². The van der Waals surface area contributed by atoms with E-state index in [1.165, 1.54) is 44.6 Å². The highest BCUT2D eigenvalue weighted by Crippen LogP contribution is 2.41. The second kappa shape index (κ2) is 5.51. The second-order valence-corrected chi connectivity index (χ2v) is 5.11. The van der Waals surface area contributed by atoms with Gasteiger partial charge in [-0.2, -0.15) is 0 Å². The molecule has 2 heteroatoms. The average Bonchev–Trinajstić information content (AvgIpc) is 2.86. The van der Waals surface area contributed by atoms with Gasteiger partial charge in [-0.1, -0.05) is 31.8 Å². The van der Waals surface area contributed by atoms with Gasteiger partial charge in [-0.15, -0.1) is 0 Å². The van der Waals surface area contributed by atoms with Crippen LogP contribution in [0.15, 0.2) is 12.2 Å². The zero-order valence-corrected chi connectivity index (χ0v) is 10.2. The lowest BCUT2D eigenvalue weighted by Crippen LogP contribution is -2.26. The predicted octanol–water partition coefficient (Wildman–Crippen LogP) is 3.46. The van der Waals surface area contributed by atoms with E-state index in [1.54, 1.807) is 6.08 Å². The zero-order valence-electron chi connectivity index (χ0n) is 10.2. The summed E-state index contributed by atoms with van der Waals surface area (Å²) in [6.45, 7) is 1.85. The highest BCUT2D eigenvalue weighted by Gasteiger charge is 2.36. The van der Waals surface area contributed by atoms with Crippen LogP contribution < -0.4 is 0 Å². The first-order valence-electron chi connectivity index (χ1n) is 6.64. The van der Waals surface area contributed by atoms with Crippen molar-refractivity contribution in [3.05, 3.63) is 12.2 Å². The lowest BCUT2D eigenvalue weighted by atomic mass is 9.88. The number of rotatable bonds is 3. The van der Waals surface area contributed by atoms with Gasteiger partial charge in [-0.3, -0.25) is 0 Å². The Kier molecular flexibility index (Phi) is 4.03. The summed E-state index contributed by atoms with van der Waals surface area (Å²) < 4.78 is 5.55. The molecule has 2 aliphatic carbocycles. The third-order valence-corrected chi connectivity index (χ3v) is 4.08. The van der Waals surface area contributed by atoms with Crippen LogP contribution in [0.4, 0.5) is 0 Å². The van der Waals surface area contributed by atoms with Crippen LogP contribution in [0.5, 0.6) is 0 Å². The molecule has 0 spiro atoms. The van der Waals surface area contributed by atoms with E-state index in [0.717, 1.165) is 12.3 Å². The van der Waals surface area contributed by atoms with Crippen LogP contribution in [0.1, 0.15) is 51.9 Å². The van der Waals surface area contributed by atoms with Gasteiger partial charge in [0.25, 0.3) is 0 Å². The van der Waals surface area contributed by atoms with Crippen molar-refractivity contribution in [1.29, 1.82) is 0 Å². The quantitative estimate of drug-likeness (QED) is 0.540. The molecule has 0 bridgehead atoms. The molecule has 0 radical (unpaired) electrons. The first-order chi connectivity index (χ1) is 7.81. The SMILES string of the molecule is C/C=C/C(=O)OC1CCCC1C1CCCC1. The second-order valence-electron chi connectivity index (χ2n) is 5.11. The van der Waals surface area contributed by atoms with Gasteiger partial charge >= 0.3 is 5.97 Å². The van der Waals surface area contributed by atoms with E-state index in [0.29, 0.717) is 5.92 Å². The van der Waals surface area contributed by atoms with Crippen molar-refractivity contribution in [3.63, 3.8) is 0 Å². The van der Waals surface area contributed by atoms with Crippen molar-refractivity contribution in [1.82, 2.24) is 0 Å². The van der Waals surface area contributed by atoms with Gasteiger partial charge in [-0.25, -0.2) is 4.79 Å². The molecule has 2 saturated carbocycles. The summed E-state index contributed by atoms with van der Waals surface area (Å²) in [4.78, 5) is 11.5. The summed E-state index contributed by atoms with van der Waals surface area (Å²) in [6, 6.07) is 0. The number of hydrogen-bond acceptors (Lipinski definition) is 2. The third kappa shape index (κ3) is 2.66. The molecule has 0 aromatic heterocycles. The van der Waals surface area contributed by atoms with Crippen molar-refractivity contribution < 1.29 is 9.53 Å². The molecule has 2 unspecified atom stereocenters. The Morgan fingerprint density at radius 3 is 2.56 bits per heavy atom. The van der Waals surface area contributed by atoms with E-state index in [2.05, 4.69) is 0 Å². The van der Waals surface area contributed by atoms with E-state index < -0.39 is 0 Å². The normalized spacial score (nSPS) is 31.3. The summed E-state index contributed by atoms with van der Waals surface area (Å²) in [5.41, 5.74) is 0. The van der Waals surface area contributed by atoms with Crippen LogP contribution in [0.2, 0.25) is 0 Å². The summed E-state index contributed by atoms with van der Waals surface area (Å²) in [7, 11) is 0. The van der Waals surface area contributed by atoms with E-state index in [-0.39, 0.29) is 12.1 Å². The summed E-state index contributed by atoms with van der Waals surface area (Å²) in [5.74, 6) is 1.32. The molecule has 2 aliphatic rings. The summed E-state index contributed by atoms with van der Waals surface area (Å²) in [6.07, 6.45) is 12.5. The molecule has 0 amide bonds. The standard InChI is InChI=1S/C14H22O2/c1-2-6-14(15)16-13-10-5-9-12(13)11-7-3-4-8-11/h2,6,11-13H,3-5,7-10H2,1H3/b6-2+. The number of hydrogen-bond donors (Lipinski definition) is 0. The van der Waals surface area contributed by atoms with Crippen molar-refractivity contribution in [2.45, 2.75) is 58.0 Å². The largest absolute Gasteiger partial charge is 0.459 e. The maximum Gasteiger partial charge on any atom is 0.330 e. The fourth-order valence-electron chi connectivity index (χ4n) is 3.35. The lowest BCUT2D eigenvalue weighted by Gasteiger charge is -2.24. The minimum atomic E-state index is -0.155. The highest BCUT2D eigenvalue weighted by molar-refractivity contribution is 5.81. The Morgan fingerprint density at radius 1 is 1.12 bits per heavy atom. The monoisotopic (exact) mass is 222 g/mol. The molecule has 0 N–H and O–H groups in total. The van der Waals surface area contributed by atoms with Crippen LogP contribution in [0.3, 0.4) is 0 Å². The minimum Gasteiger partial charge on any atom is -0.459 e. The molecule has 0 saturated heterocycles. The Balaban J connectivity index is 1.89. The first kappa shape index (κ1) is 11.7. The molecule has 0 heterocycles. The van der Waals surface area contributed by atoms with E-state index in [1.807, 2.05) is 6.92 Å². The average molecular weight is 222 g/mol. The van der Waals surface area contributed by atoms with Crippen LogP contribution in [0.25, 0.3) is 0 Å². The Morgan fingerprint density at radius 2 is 1.88 bits per heavy atom. The minimum absolute atomic E-state index is 0.155. The van der Waals surface area contributed by atoms with Gasteiger partial charge in [0.05, 0.1) is 0 Å². The van der Waals surface area contributed by atoms with Crippen molar-refractivity contribution >= 4 is 5.97 Å². The molecule has 2 nitrogen and oxygen atoms in total. The Labute approximate surface area is 98.1 Å². The predicted molar refractivity (Wildman–Crippen MR) is 64.0 cm³/mol. The number of allylic oxidation sites excluding steroid dienone is 1. The summed E-state index contributed by atoms with van der Waals surface area (Å²) >= 11 is 0. The van der Waals surface area contributed by atoms with Gasteiger partial charge in [0.1, 0.15) is 6.10 Å². The van der Waals surface area contributed by atoms with Crippen LogP contribution >= 0.6 is 0 Å². The third-order valence-electron chi connectivity index (χ3n) is 4.08. The summed E-state index contributed by atoms with van der Waals surface area (Å²) in [5, 5.41) is 0. The van der Waals surface area contributed by atoms with Crippen LogP contribution in [-0.2, 0) is 9.53 Å². The Hall–Kier alpha value is -0.790. The first-order valence-corrected chi connectivity index (χ1v) is 6.64. The molecule has 16 heavy (non-hydrogen) atoms. The maximum atomic E-state index is 11.5. The molecular formula is C14H22O2. The number of carbonyl (C=O) groups is 1. The number of ether oxygens (including phenoxy) is 1. The molecule has 2 fully saturated rings. The van der Waals surface area contributed by atoms with Gasteiger partial charge < -0.3 is 4.74 Å². The van der Waals surface area contributed by atoms with E-state index in [4.69, 9.17) is 4.74 Å². The van der Waals surface area contributed by atoms with Crippen LogP contribution in [0, 0.1) is 11.8 Å². The smallest absolute Gasteiger partial charge is 0.330 e. The molecule has 2 rings (SSSR count). The Bertz CT molecular complexity index is 264. The molecule has 90 valence electrons. The van der Waals surface area contributed by atoms with Gasteiger partial charge in [0.2, 0.25) is 0 Å². The fourth-order valence-corrected chi connectivity index (χ4v) is 3.35.